The molecule has 2 N–H and O–H groups in total. The third-order valence-electron chi connectivity index (χ3n) is 3.87. The van der Waals surface area contributed by atoms with E-state index in [0.717, 1.165) is 24.8 Å². The fourth-order valence-electron chi connectivity index (χ4n) is 3.01. The third-order valence-corrected chi connectivity index (χ3v) is 3.87. The van der Waals surface area contributed by atoms with Crippen LogP contribution in [0.25, 0.3) is 0 Å². The summed E-state index contributed by atoms with van der Waals surface area (Å²) in [7, 11) is 0. The topological polar surface area (TPSA) is 26.0 Å². The lowest BCUT2D eigenvalue weighted by atomic mass is 9.67. The van der Waals surface area contributed by atoms with Crippen molar-refractivity contribution in [3.63, 3.8) is 0 Å². The number of benzene rings is 1. The Morgan fingerprint density at radius 2 is 1.94 bits per heavy atom. The highest BCUT2D eigenvalue weighted by Crippen LogP contribution is 2.41. The first-order valence-corrected chi connectivity index (χ1v) is 6.23. The molecular weight excluding hydrogens is 201 g/mol. The van der Waals surface area contributed by atoms with Crippen LogP contribution in [0.5, 0.6) is 0 Å². The Morgan fingerprint density at radius 1 is 1.19 bits per heavy atom. The number of hydrogen-bond donors (Lipinski definition) is 1. The van der Waals surface area contributed by atoms with Gasteiger partial charge in [-0.3, -0.25) is 0 Å². The summed E-state index contributed by atoms with van der Waals surface area (Å²) in [6.07, 6.45) is 7.10. The molecule has 0 amide bonds. The molecule has 0 atom stereocenters. The molecule has 0 spiro atoms. The van der Waals surface area contributed by atoms with Gasteiger partial charge in [-0.15, -0.1) is 0 Å². The summed E-state index contributed by atoms with van der Waals surface area (Å²) in [5, 5.41) is 0. The van der Waals surface area contributed by atoms with Crippen molar-refractivity contribution in [3.05, 3.63) is 35.6 Å². The van der Waals surface area contributed by atoms with E-state index >= 15 is 0 Å². The molecule has 16 heavy (non-hydrogen) atoms. The molecule has 0 saturated heterocycles. The van der Waals surface area contributed by atoms with E-state index in [1.807, 2.05) is 6.07 Å². The van der Waals surface area contributed by atoms with Crippen LogP contribution in [0.2, 0.25) is 0 Å². The van der Waals surface area contributed by atoms with Crippen LogP contribution in [-0.2, 0) is 5.41 Å². The minimum atomic E-state index is -0.125. The lowest BCUT2D eigenvalue weighted by molar-refractivity contribution is 0.277. The summed E-state index contributed by atoms with van der Waals surface area (Å²) in [6, 6.07) is 7.09. The normalized spacial score (nSPS) is 19.6. The Kier molecular flexibility index (Phi) is 3.59. The van der Waals surface area contributed by atoms with E-state index < -0.39 is 0 Å². The molecule has 88 valence electrons. The van der Waals surface area contributed by atoms with Crippen molar-refractivity contribution >= 4 is 0 Å². The Bertz CT molecular complexity index is 337. The van der Waals surface area contributed by atoms with Crippen molar-refractivity contribution in [2.45, 2.75) is 43.9 Å². The van der Waals surface area contributed by atoms with Gasteiger partial charge in [-0.05, 0) is 48.9 Å². The van der Waals surface area contributed by atoms with Gasteiger partial charge >= 0.3 is 0 Å². The molecular formula is C14H20FN. The molecule has 1 aromatic carbocycles. The fourth-order valence-corrected chi connectivity index (χ4v) is 3.01. The average molecular weight is 221 g/mol. The van der Waals surface area contributed by atoms with E-state index in [-0.39, 0.29) is 11.2 Å². The first-order chi connectivity index (χ1) is 7.77. The molecule has 0 unspecified atom stereocenters. The maximum atomic E-state index is 13.3. The summed E-state index contributed by atoms with van der Waals surface area (Å²) in [5.74, 6) is -0.125. The predicted octanol–water partition coefficient (Wildman–Crippen LogP) is 3.38. The van der Waals surface area contributed by atoms with Gasteiger partial charge in [-0.25, -0.2) is 4.39 Å². The summed E-state index contributed by atoms with van der Waals surface area (Å²) >= 11 is 0. The van der Waals surface area contributed by atoms with Crippen LogP contribution in [0.1, 0.15) is 44.1 Å². The number of halogens is 1. The first kappa shape index (κ1) is 11.6. The van der Waals surface area contributed by atoms with Gasteiger partial charge in [0.1, 0.15) is 5.82 Å². The molecule has 2 rings (SSSR count). The molecule has 1 aromatic rings. The summed E-state index contributed by atoms with van der Waals surface area (Å²) in [6.45, 7) is 0.691. The molecule has 1 aliphatic rings. The molecule has 2 heteroatoms. The molecule has 0 heterocycles. The number of nitrogens with two attached hydrogens (primary N) is 1. The smallest absolute Gasteiger partial charge is 0.123 e. The minimum Gasteiger partial charge on any atom is -0.330 e. The monoisotopic (exact) mass is 221 g/mol. The zero-order chi connectivity index (χ0) is 11.4. The lowest BCUT2D eigenvalue weighted by Crippen LogP contribution is -2.31. The Labute approximate surface area is 96.9 Å². The van der Waals surface area contributed by atoms with E-state index in [1.54, 1.807) is 6.07 Å². The molecule has 1 saturated carbocycles. The molecule has 0 radical (unpaired) electrons. The van der Waals surface area contributed by atoms with E-state index in [0.29, 0.717) is 6.54 Å². The molecule has 0 aromatic heterocycles. The number of rotatable bonds is 3. The molecule has 0 bridgehead atoms. The van der Waals surface area contributed by atoms with Crippen molar-refractivity contribution in [1.82, 2.24) is 0 Å². The van der Waals surface area contributed by atoms with Gasteiger partial charge in [0.05, 0.1) is 0 Å². The highest BCUT2D eigenvalue weighted by molar-refractivity contribution is 5.26. The maximum Gasteiger partial charge on any atom is 0.123 e. The molecule has 1 fully saturated rings. The first-order valence-electron chi connectivity index (χ1n) is 6.23. The molecule has 0 aliphatic heterocycles. The van der Waals surface area contributed by atoms with Crippen LogP contribution >= 0.6 is 0 Å². The van der Waals surface area contributed by atoms with Crippen LogP contribution < -0.4 is 5.73 Å². The standard InChI is InChI=1S/C14H20FN/c15-13-6-4-5-12(11-13)14(9-10-16)7-2-1-3-8-14/h4-6,11H,1-3,7-10,16H2. The zero-order valence-electron chi connectivity index (χ0n) is 9.71. The second-order valence-electron chi connectivity index (χ2n) is 4.89. The summed E-state index contributed by atoms with van der Waals surface area (Å²) < 4.78 is 13.3. The molecule has 1 nitrogen and oxygen atoms in total. The van der Waals surface area contributed by atoms with E-state index in [4.69, 9.17) is 5.73 Å². The van der Waals surface area contributed by atoms with Gasteiger partial charge in [-0.2, -0.15) is 0 Å². The summed E-state index contributed by atoms with van der Waals surface area (Å²) in [4.78, 5) is 0. The average Bonchev–Trinajstić information content (AvgIpc) is 2.31. The SMILES string of the molecule is NCCC1(c2cccc(F)c2)CCCCC1. The Morgan fingerprint density at radius 3 is 2.56 bits per heavy atom. The second-order valence-corrected chi connectivity index (χ2v) is 4.89. The van der Waals surface area contributed by atoms with Crippen LogP contribution in [0.15, 0.2) is 24.3 Å². The number of hydrogen-bond acceptors (Lipinski definition) is 1. The largest absolute Gasteiger partial charge is 0.330 e. The van der Waals surface area contributed by atoms with Gasteiger partial charge in [0, 0.05) is 0 Å². The van der Waals surface area contributed by atoms with Gasteiger partial charge in [0.25, 0.3) is 0 Å². The van der Waals surface area contributed by atoms with Crippen molar-refractivity contribution in [2.24, 2.45) is 5.73 Å². The maximum absolute atomic E-state index is 13.3. The van der Waals surface area contributed by atoms with Gasteiger partial charge in [0.15, 0.2) is 0 Å². The lowest BCUT2D eigenvalue weighted by Gasteiger charge is -2.37. The van der Waals surface area contributed by atoms with Gasteiger partial charge < -0.3 is 5.73 Å². The van der Waals surface area contributed by atoms with Crippen molar-refractivity contribution in [2.75, 3.05) is 6.54 Å². The van der Waals surface area contributed by atoms with Gasteiger partial charge in [-0.1, -0.05) is 31.4 Å². The van der Waals surface area contributed by atoms with Crippen molar-refractivity contribution in [1.29, 1.82) is 0 Å². The highest BCUT2D eigenvalue weighted by Gasteiger charge is 2.33. The van der Waals surface area contributed by atoms with Crippen LogP contribution in [0.3, 0.4) is 0 Å². The van der Waals surface area contributed by atoms with Crippen LogP contribution in [0.4, 0.5) is 4.39 Å². The fraction of sp³-hybridized carbons (Fsp3) is 0.571. The van der Waals surface area contributed by atoms with Crippen molar-refractivity contribution in [3.8, 4) is 0 Å². The van der Waals surface area contributed by atoms with Crippen LogP contribution in [-0.4, -0.2) is 6.54 Å². The molecule has 1 aliphatic carbocycles. The van der Waals surface area contributed by atoms with E-state index in [2.05, 4.69) is 6.07 Å². The second kappa shape index (κ2) is 4.96. The van der Waals surface area contributed by atoms with Gasteiger partial charge in [0.2, 0.25) is 0 Å². The predicted molar refractivity (Wildman–Crippen MR) is 64.8 cm³/mol. The van der Waals surface area contributed by atoms with Crippen LogP contribution in [0, 0.1) is 5.82 Å². The summed E-state index contributed by atoms with van der Waals surface area (Å²) in [5.41, 5.74) is 7.02. The minimum absolute atomic E-state index is 0.125. The highest BCUT2D eigenvalue weighted by atomic mass is 19.1. The van der Waals surface area contributed by atoms with Crippen molar-refractivity contribution < 1.29 is 4.39 Å². The zero-order valence-corrected chi connectivity index (χ0v) is 9.71. The van der Waals surface area contributed by atoms with E-state index in [9.17, 15) is 4.39 Å². The third kappa shape index (κ3) is 2.27. The quantitative estimate of drug-likeness (QED) is 0.832. The Balaban J connectivity index is 2.30. The Hall–Kier alpha value is -0.890. The van der Waals surface area contributed by atoms with E-state index in [1.165, 1.54) is 25.3 Å².